The molecule has 3 N–H and O–H groups in total. The van der Waals surface area contributed by atoms with E-state index in [9.17, 15) is 23.1 Å². The number of H-pyrrole nitrogens is 1. The Morgan fingerprint density at radius 3 is 2.85 bits per heavy atom. The van der Waals surface area contributed by atoms with E-state index in [0.29, 0.717) is 12.8 Å². The smallest absolute Gasteiger partial charge is 0.273 e. The molecule has 1 aliphatic carbocycles. The number of rotatable bonds is 5. The molecular formula is C22H23F3N6O3. The average molecular weight is 476 g/mol. The van der Waals surface area contributed by atoms with Gasteiger partial charge < -0.3 is 20.1 Å². The molecule has 1 saturated carbocycles. The monoisotopic (exact) mass is 476 g/mol. The van der Waals surface area contributed by atoms with Gasteiger partial charge in [-0.2, -0.15) is 5.10 Å². The van der Waals surface area contributed by atoms with Crippen molar-refractivity contribution in [2.75, 3.05) is 19.0 Å². The molecule has 5 rings (SSSR count). The maximum atomic E-state index is 14.5. The molecule has 0 radical (unpaired) electrons. The van der Waals surface area contributed by atoms with Crippen LogP contribution in [0.1, 0.15) is 41.4 Å². The van der Waals surface area contributed by atoms with Crippen LogP contribution < -0.4 is 5.32 Å². The fourth-order valence-electron chi connectivity index (χ4n) is 4.83. The predicted octanol–water partition coefficient (Wildman–Crippen LogP) is 2.51. The molecule has 5 atom stereocenters. The summed E-state index contributed by atoms with van der Waals surface area (Å²) in [4.78, 5) is 23.0. The number of methoxy groups -OCH3 is 1. The lowest BCUT2D eigenvalue weighted by atomic mass is 10.0. The number of fused-ring (bicyclic) bond motifs is 1. The summed E-state index contributed by atoms with van der Waals surface area (Å²) in [5.41, 5.74) is 0.0949. The normalized spacial score (nSPS) is 27.0. The van der Waals surface area contributed by atoms with E-state index in [0.717, 1.165) is 23.1 Å². The van der Waals surface area contributed by atoms with Crippen LogP contribution in [0.2, 0.25) is 0 Å². The SMILES string of the molecule is CO[C@H]1C[C@H](Nc2ncnc3n[nH]c(C(=O)N4C[C@@H](F)C[C@@H]4c4cc(F)ccc4F)c23)[C@@H](O)C1. The van der Waals surface area contributed by atoms with Crippen molar-refractivity contribution in [3.8, 4) is 0 Å². The quantitative estimate of drug-likeness (QED) is 0.518. The van der Waals surface area contributed by atoms with Gasteiger partial charge in [0.1, 0.15) is 35.6 Å². The second kappa shape index (κ2) is 8.84. The number of carbonyl (C=O) groups is 1. The van der Waals surface area contributed by atoms with Gasteiger partial charge in [-0.25, -0.2) is 23.1 Å². The number of halogens is 3. The number of ether oxygens (including phenoxy) is 1. The van der Waals surface area contributed by atoms with E-state index in [-0.39, 0.29) is 53.2 Å². The van der Waals surface area contributed by atoms with Crippen molar-refractivity contribution in [1.29, 1.82) is 0 Å². The van der Waals surface area contributed by atoms with Crippen molar-refractivity contribution in [2.24, 2.45) is 0 Å². The zero-order valence-electron chi connectivity index (χ0n) is 18.2. The van der Waals surface area contributed by atoms with Crippen molar-refractivity contribution in [3.05, 3.63) is 47.4 Å². The van der Waals surface area contributed by atoms with E-state index in [4.69, 9.17) is 4.74 Å². The third kappa shape index (κ3) is 3.96. The van der Waals surface area contributed by atoms with Crippen LogP contribution in [-0.4, -0.2) is 74.2 Å². The van der Waals surface area contributed by atoms with Crippen LogP contribution in [-0.2, 0) is 4.74 Å². The number of benzene rings is 1. The molecule has 180 valence electrons. The van der Waals surface area contributed by atoms with E-state index in [1.807, 2.05) is 0 Å². The molecule has 2 fully saturated rings. The predicted molar refractivity (Wildman–Crippen MR) is 115 cm³/mol. The van der Waals surface area contributed by atoms with Gasteiger partial charge in [0.15, 0.2) is 5.65 Å². The van der Waals surface area contributed by atoms with Gasteiger partial charge in [-0.15, -0.1) is 0 Å². The lowest BCUT2D eigenvalue weighted by molar-refractivity contribution is 0.0722. The molecule has 1 amide bonds. The summed E-state index contributed by atoms with van der Waals surface area (Å²) < 4.78 is 48.0. The summed E-state index contributed by atoms with van der Waals surface area (Å²) in [6, 6.07) is 1.54. The Morgan fingerprint density at radius 2 is 2.09 bits per heavy atom. The second-order valence-corrected chi connectivity index (χ2v) is 8.64. The Kier molecular flexibility index (Phi) is 5.86. The summed E-state index contributed by atoms with van der Waals surface area (Å²) in [7, 11) is 1.57. The molecular weight excluding hydrogens is 453 g/mol. The molecule has 3 aromatic rings. The highest BCUT2D eigenvalue weighted by molar-refractivity contribution is 6.07. The first-order chi connectivity index (χ1) is 16.4. The molecule has 0 spiro atoms. The molecule has 2 aromatic heterocycles. The number of alkyl halides is 1. The van der Waals surface area contributed by atoms with Crippen LogP contribution in [0.3, 0.4) is 0 Å². The fraction of sp³-hybridized carbons (Fsp3) is 0.455. The Labute approximate surface area is 192 Å². The second-order valence-electron chi connectivity index (χ2n) is 8.64. The lowest BCUT2D eigenvalue weighted by Gasteiger charge is -2.25. The Hall–Kier alpha value is -3.25. The number of anilines is 1. The van der Waals surface area contributed by atoms with Gasteiger partial charge in [-0.1, -0.05) is 0 Å². The van der Waals surface area contributed by atoms with Crippen molar-refractivity contribution in [1.82, 2.24) is 25.1 Å². The summed E-state index contributed by atoms with van der Waals surface area (Å²) in [6.45, 7) is -0.284. The summed E-state index contributed by atoms with van der Waals surface area (Å²) in [5, 5.41) is 20.5. The number of carbonyl (C=O) groups excluding carboxylic acids is 1. The number of aromatic nitrogens is 4. The summed E-state index contributed by atoms with van der Waals surface area (Å²) >= 11 is 0. The molecule has 3 heterocycles. The molecule has 0 bridgehead atoms. The molecule has 1 saturated heterocycles. The summed E-state index contributed by atoms with van der Waals surface area (Å²) in [5.74, 6) is -1.77. The lowest BCUT2D eigenvalue weighted by Crippen LogP contribution is -2.32. The van der Waals surface area contributed by atoms with Gasteiger partial charge in [-0.3, -0.25) is 9.89 Å². The number of amides is 1. The van der Waals surface area contributed by atoms with Crippen molar-refractivity contribution >= 4 is 22.8 Å². The van der Waals surface area contributed by atoms with Gasteiger partial charge >= 0.3 is 0 Å². The van der Waals surface area contributed by atoms with E-state index >= 15 is 0 Å². The third-order valence-electron chi connectivity index (χ3n) is 6.53. The van der Waals surface area contributed by atoms with Crippen molar-refractivity contribution in [2.45, 2.75) is 49.7 Å². The standard InChI is InChI=1S/C22H23F3N6O3/c1-34-12-6-15(17(32)7-12)28-20-18-19(29-30-21(18)27-9-26-20)22(33)31-8-11(24)5-16(31)13-4-10(23)2-3-14(13)25/h2-4,9,11-12,15-17,32H,5-8H2,1H3,(H2,26,27,28,29,30)/t11-,12-,15-,16+,17-/m0/s1. The maximum absolute atomic E-state index is 14.5. The Morgan fingerprint density at radius 1 is 1.26 bits per heavy atom. The minimum Gasteiger partial charge on any atom is -0.391 e. The molecule has 34 heavy (non-hydrogen) atoms. The number of hydrogen-bond donors (Lipinski definition) is 3. The van der Waals surface area contributed by atoms with Crippen LogP contribution >= 0.6 is 0 Å². The van der Waals surface area contributed by atoms with E-state index in [1.165, 1.54) is 6.33 Å². The highest BCUT2D eigenvalue weighted by atomic mass is 19.1. The van der Waals surface area contributed by atoms with Crippen LogP contribution in [0.4, 0.5) is 19.0 Å². The highest BCUT2D eigenvalue weighted by Crippen LogP contribution is 2.37. The van der Waals surface area contributed by atoms with Crippen molar-refractivity contribution < 1.29 is 27.8 Å². The molecule has 2 aliphatic rings. The molecule has 1 aromatic carbocycles. The topological polar surface area (TPSA) is 116 Å². The van der Waals surface area contributed by atoms with Gasteiger partial charge in [0.05, 0.1) is 36.2 Å². The summed E-state index contributed by atoms with van der Waals surface area (Å²) in [6.07, 6.45) is -0.123. The Bertz CT molecular complexity index is 1220. The zero-order chi connectivity index (χ0) is 24.0. The van der Waals surface area contributed by atoms with Gasteiger partial charge in [0.2, 0.25) is 0 Å². The number of aliphatic hydroxyl groups excluding tert-OH is 1. The van der Waals surface area contributed by atoms with Gasteiger partial charge in [0.25, 0.3) is 5.91 Å². The van der Waals surface area contributed by atoms with E-state index in [1.54, 1.807) is 7.11 Å². The third-order valence-corrected chi connectivity index (χ3v) is 6.53. The highest BCUT2D eigenvalue weighted by Gasteiger charge is 2.40. The number of aliphatic hydroxyl groups is 1. The molecule has 12 heteroatoms. The number of aromatic amines is 1. The first kappa shape index (κ1) is 22.5. The zero-order valence-corrected chi connectivity index (χ0v) is 18.2. The molecule has 9 nitrogen and oxygen atoms in total. The Balaban J connectivity index is 1.49. The maximum Gasteiger partial charge on any atom is 0.273 e. The van der Waals surface area contributed by atoms with Gasteiger partial charge in [0, 0.05) is 25.5 Å². The van der Waals surface area contributed by atoms with Crippen LogP contribution in [0, 0.1) is 11.6 Å². The largest absolute Gasteiger partial charge is 0.391 e. The molecule has 1 aliphatic heterocycles. The van der Waals surface area contributed by atoms with Crippen LogP contribution in [0.5, 0.6) is 0 Å². The first-order valence-corrected chi connectivity index (χ1v) is 10.9. The number of likely N-dealkylation sites (tertiary alicyclic amines) is 1. The van der Waals surface area contributed by atoms with Crippen LogP contribution in [0.15, 0.2) is 24.5 Å². The van der Waals surface area contributed by atoms with Gasteiger partial charge in [-0.05, 0) is 24.6 Å². The van der Waals surface area contributed by atoms with Crippen LogP contribution in [0.25, 0.3) is 11.0 Å². The van der Waals surface area contributed by atoms with Crippen molar-refractivity contribution in [3.63, 3.8) is 0 Å². The first-order valence-electron chi connectivity index (χ1n) is 10.9. The number of nitrogens with zero attached hydrogens (tertiary/aromatic N) is 4. The average Bonchev–Trinajstić information content (AvgIpc) is 3.52. The minimum atomic E-state index is -1.40. The van der Waals surface area contributed by atoms with E-state index in [2.05, 4.69) is 25.5 Å². The number of hydrogen-bond acceptors (Lipinski definition) is 7. The number of nitrogens with one attached hydrogen (secondary N) is 2. The molecule has 0 unspecified atom stereocenters. The van der Waals surface area contributed by atoms with E-state index < -0.39 is 35.9 Å². The minimum absolute atomic E-state index is 0.00945. The fourth-order valence-corrected chi connectivity index (χ4v) is 4.83.